The number of fused-ring (bicyclic) bond motifs is 1. The van der Waals surface area contributed by atoms with E-state index in [1.165, 1.54) is 0 Å². The summed E-state index contributed by atoms with van der Waals surface area (Å²) in [5, 5.41) is 4.39. The molecule has 1 amide bonds. The van der Waals surface area contributed by atoms with E-state index < -0.39 is 0 Å². The third kappa shape index (κ3) is 3.66. The summed E-state index contributed by atoms with van der Waals surface area (Å²) in [7, 11) is 0. The smallest absolute Gasteiger partial charge is 0.251 e. The highest BCUT2D eigenvalue weighted by atomic mass is 35.5. The number of H-pyrrole nitrogens is 1. The molecule has 122 valence electrons. The minimum Gasteiger partial charge on any atom is -0.352 e. The van der Waals surface area contributed by atoms with E-state index in [0.717, 1.165) is 16.5 Å². The van der Waals surface area contributed by atoms with Gasteiger partial charge in [-0.3, -0.25) is 9.59 Å². The van der Waals surface area contributed by atoms with Crippen molar-refractivity contribution in [3.63, 3.8) is 0 Å². The number of hydrogen-bond acceptors (Lipinski definition) is 2. The average Bonchev–Trinajstić information content (AvgIpc) is 2.56. The number of halogens is 1. The number of hydrogen-bond donors (Lipinski definition) is 2. The van der Waals surface area contributed by atoms with Crippen LogP contribution >= 0.6 is 11.6 Å². The van der Waals surface area contributed by atoms with Crippen molar-refractivity contribution in [3.8, 4) is 0 Å². The lowest BCUT2D eigenvalue weighted by Gasteiger charge is -2.07. The summed E-state index contributed by atoms with van der Waals surface area (Å²) in [6.45, 7) is 2.37. The van der Waals surface area contributed by atoms with Crippen LogP contribution in [0.2, 0.25) is 5.02 Å². The van der Waals surface area contributed by atoms with Gasteiger partial charge in [0.2, 0.25) is 0 Å². The molecule has 5 heteroatoms. The maximum absolute atomic E-state index is 12.1. The van der Waals surface area contributed by atoms with Crippen molar-refractivity contribution in [2.24, 2.45) is 0 Å². The molecule has 0 unspecified atom stereocenters. The summed E-state index contributed by atoms with van der Waals surface area (Å²) < 4.78 is 0. The molecule has 2 N–H and O–H groups in total. The normalized spacial score (nSPS) is 10.8. The predicted octanol–water partition coefficient (Wildman–Crippen LogP) is 3.46. The molecule has 0 aliphatic heterocycles. The number of aromatic amines is 1. The van der Waals surface area contributed by atoms with Crippen molar-refractivity contribution < 1.29 is 4.79 Å². The molecule has 0 radical (unpaired) electrons. The fourth-order valence-corrected chi connectivity index (χ4v) is 2.69. The summed E-state index contributed by atoms with van der Waals surface area (Å²) in [5.74, 6) is -0.181. The second kappa shape index (κ2) is 6.89. The van der Waals surface area contributed by atoms with Crippen LogP contribution in [0.3, 0.4) is 0 Å². The van der Waals surface area contributed by atoms with Gasteiger partial charge in [-0.2, -0.15) is 0 Å². The molecule has 4 nitrogen and oxygen atoms in total. The van der Waals surface area contributed by atoms with Crippen molar-refractivity contribution in [1.82, 2.24) is 10.3 Å². The fraction of sp³-hybridized carbons (Fsp3) is 0.158. The Morgan fingerprint density at radius 1 is 1.12 bits per heavy atom. The topological polar surface area (TPSA) is 62.0 Å². The monoisotopic (exact) mass is 340 g/mol. The number of rotatable bonds is 4. The quantitative estimate of drug-likeness (QED) is 0.764. The van der Waals surface area contributed by atoms with E-state index in [-0.39, 0.29) is 11.5 Å². The molecule has 0 atom stereocenters. The number of nitrogens with one attached hydrogen (secondary N) is 2. The third-order valence-corrected chi connectivity index (χ3v) is 4.12. The first-order chi connectivity index (χ1) is 11.5. The zero-order valence-electron chi connectivity index (χ0n) is 13.2. The molecule has 0 bridgehead atoms. The molecule has 0 spiro atoms. The van der Waals surface area contributed by atoms with Crippen molar-refractivity contribution >= 4 is 28.4 Å². The first kappa shape index (κ1) is 16.3. The van der Waals surface area contributed by atoms with Gasteiger partial charge in [0.15, 0.2) is 0 Å². The maximum Gasteiger partial charge on any atom is 0.251 e. The van der Waals surface area contributed by atoms with E-state index in [2.05, 4.69) is 10.3 Å². The zero-order valence-corrected chi connectivity index (χ0v) is 14.0. The largest absolute Gasteiger partial charge is 0.352 e. The van der Waals surface area contributed by atoms with Crippen LogP contribution in [0, 0.1) is 6.92 Å². The Morgan fingerprint density at radius 3 is 2.62 bits per heavy atom. The summed E-state index contributed by atoms with van der Waals surface area (Å²) in [6.07, 6.45) is 0.471. The second-order valence-electron chi connectivity index (χ2n) is 5.73. The van der Waals surface area contributed by atoms with E-state index in [0.29, 0.717) is 29.1 Å². The van der Waals surface area contributed by atoms with Gasteiger partial charge in [0.05, 0.1) is 0 Å². The van der Waals surface area contributed by atoms with Crippen molar-refractivity contribution in [2.45, 2.75) is 13.3 Å². The Balaban J connectivity index is 1.68. The highest BCUT2D eigenvalue weighted by Crippen LogP contribution is 2.13. The molecule has 0 aliphatic rings. The van der Waals surface area contributed by atoms with Crippen LogP contribution in [0.25, 0.3) is 10.9 Å². The van der Waals surface area contributed by atoms with Crippen LogP contribution in [0.4, 0.5) is 0 Å². The van der Waals surface area contributed by atoms with E-state index in [4.69, 9.17) is 11.6 Å². The fourth-order valence-electron chi connectivity index (χ4n) is 2.56. The van der Waals surface area contributed by atoms with E-state index in [1.807, 2.05) is 31.2 Å². The lowest BCUT2D eigenvalue weighted by molar-refractivity contribution is 0.0954. The molecular formula is C19H17ClN2O2. The highest BCUT2D eigenvalue weighted by molar-refractivity contribution is 6.30. The number of aromatic nitrogens is 1. The second-order valence-corrected chi connectivity index (χ2v) is 6.16. The lowest BCUT2D eigenvalue weighted by atomic mass is 10.1. The van der Waals surface area contributed by atoms with Gasteiger partial charge in [-0.05, 0) is 60.7 Å². The van der Waals surface area contributed by atoms with E-state index in [9.17, 15) is 9.59 Å². The molecule has 3 rings (SSSR count). The Bertz CT molecular complexity index is 946. The van der Waals surface area contributed by atoms with Gasteiger partial charge < -0.3 is 10.3 Å². The third-order valence-electron chi connectivity index (χ3n) is 3.86. The van der Waals surface area contributed by atoms with Gasteiger partial charge in [0, 0.05) is 28.2 Å². The van der Waals surface area contributed by atoms with Gasteiger partial charge in [0.25, 0.3) is 11.5 Å². The van der Waals surface area contributed by atoms with Crippen LogP contribution in [0.5, 0.6) is 0 Å². The van der Waals surface area contributed by atoms with Crippen LogP contribution in [-0.4, -0.2) is 17.4 Å². The molecule has 24 heavy (non-hydrogen) atoms. The molecule has 1 heterocycles. The zero-order chi connectivity index (χ0) is 17.1. The molecular weight excluding hydrogens is 324 g/mol. The van der Waals surface area contributed by atoms with E-state index >= 15 is 0 Å². The van der Waals surface area contributed by atoms with Crippen LogP contribution in [0.15, 0.2) is 53.3 Å². The Kier molecular flexibility index (Phi) is 4.67. The number of amides is 1. The Hall–Kier alpha value is -2.59. The summed E-state index contributed by atoms with van der Waals surface area (Å²) >= 11 is 5.81. The first-order valence-electron chi connectivity index (χ1n) is 7.69. The van der Waals surface area contributed by atoms with Gasteiger partial charge in [-0.1, -0.05) is 23.7 Å². The maximum atomic E-state index is 12.1. The van der Waals surface area contributed by atoms with Gasteiger partial charge in [0.1, 0.15) is 0 Å². The van der Waals surface area contributed by atoms with Crippen LogP contribution in [-0.2, 0) is 6.42 Å². The van der Waals surface area contributed by atoms with Gasteiger partial charge in [-0.15, -0.1) is 0 Å². The Labute approximate surface area is 144 Å². The number of benzene rings is 2. The highest BCUT2D eigenvalue weighted by Gasteiger charge is 2.07. The predicted molar refractivity (Wildman–Crippen MR) is 96.8 cm³/mol. The minimum absolute atomic E-state index is 0.117. The SMILES string of the molecule is Cc1ccc2cc(CCNC(=O)c3ccc(Cl)cc3)c(=O)[nH]c2c1. The number of pyridine rings is 1. The number of aryl methyl sites for hydroxylation is 1. The lowest BCUT2D eigenvalue weighted by Crippen LogP contribution is -2.27. The summed E-state index contributed by atoms with van der Waals surface area (Å²) in [6, 6.07) is 14.5. The Morgan fingerprint density at radius 2 is 1.88 bits per heavy atom. The molecule has 0 aliphatic carbocycles. The number of carbonyl (C=O) groups excluding carboxylic acids is 1. The van der Waals surface area contributed by atoms with Crippen molar-refractivity contribution in [3.05, 3.63) is 80.6 Å². The van der Waals surface area contributed by atoms with E-state index in [1.54, 1.807) is 24.3 Å². The molecule has 0 saturated heterocycles. The van der Waals surface area contributed by atoms with Crippen molar-refractivity contribution in [1.29, 1.82) is 0 Å². The molecule has 1 aromatic heterocycles. The van der Waals surface area contributed by atoms with Gasteiger partial charge in [-0.25, -0.2) is 0 Å². The number of carbonyl (C=O) groups is 1. The first-order valence-corrected chi connectivity index (χ1v) is 8.07. The van der Waals surface area contributed by atoms with Gasteiger partial charge >= 0.3 is 0 Å². The molecule has 0 saturated carbocycles. The summed E-state index contributed by atoms with van der Waals surface area (Å²) in [5.41, 5.74) is 3.01. The molecule has 3 aromatic rings. The van der Waals surface area contributed by atoms with Crippen LogP contribution < -0.4 is 10.9 Å². The standard InChI is InChI=1S/C19H17ClN2O2/c1-12-2-3-14-11-15(19(24)22-17(14)10-12)8-9-21-18(23)13-4-6-16(20)7-5-13/h2-7,10-11H,8-9H2,1H3,(H,21,23)(H,22,24). The minimum atomic E-state index is -0.181. The molecule has 0 fully saturated rings. The van der Waals surface area contributed by atoms with Crippen LogP contribution in [0.1, 0.15) is 21.5 Å². The van der Waals surface area contributed by atoms with Crippen molar-refractivity contribution in [2.75, 3.05) is 6.54 Å². The average molecular weight is 341 g/mol. The summed E-state index contributed by atoms with van der Waals surface area (Å²) in [4.78, 5) is 27.1. The molecule has 2 aromatic carbocycles.